The molecule has 2 saturated carbocycles. The van der Waals surface area contributed by atoms with Crippen molar-refractivity contribution >= 4 is 0 Å². The van der Waals surface area contributed by atoms with Gasteiger partial charge in [0.2, 0.25) is 0 Å². The van der Waals surface area contributed by atoms with Gasteiger partial charge in [0.1, 0.15) is 0 Å². The zero-order chi connectivity index (χ0) is 7.05. The highest BCUT2D eigenvalue weighted by molar-refractivity contribution is 5.34. The van der Waals surface area contributed by atoms with Crippen LogP contribution in [0.4, 0.5) is 0 Å². The summed E-state index contributed by atoms with van der Waals surface area (Å²) in [5, 5.41) is 0. The summed E-state index contributed by atoms with van der Waals surface area (Å²) < 4.78 is 5.57. The van der Waals surface area contributed by atoms with Crippen LogP contribution in [0.2, 0.25) is 0 Å². The zero-order valence-electron chi connectivity index (χ0n) is 6.49. The summed E-state index contributed by atoms with van der Waals surface area (Å²) in [5.41, 5.74) is 0.680. The molecule has 0 N–H and O–H groups in total. The summed E-state index contributed by atoms with van der Waals surface area (Å²) in [6.45, 7) is 2.14. The summed E-state index contributed by atoms with van der Waals surface area (Å²) in [7, 11) is 0. The van der Waals surface area contributed by atoms with E-state index in [4.69, 9.17) is 4.74 Å². The molecule has 1 saturated heterocycles. The fraction of sp³-hybridized carbons (Fsp3) is 0.800. The summed E-state index contributed by atoms with van der Waals surface area (Å²) in [4.78, 5) is 0. The third-order valence-corrected chi connectivity index (χ3v) is 4.53. The van der Waals surface area contributed by atoms with E-state index in [0.29, 0.717) is 5.41 Å². The predicted octanol–water partition coefficient (Wildman–Crippen LogP) is 1.45. The zero-order valence-corrected chi connectivity index (χ0v) is 6.49. The van der Waals surface area contributed by atoms with Crippen LogP contribution in [0.5, 0.6) is 0 Å². The average Bonchev–Trinajstić information content (AvgIpc) is 2.31. The van der Waals surface area contributed by atoms with Gasteiger partial charge >= 0.3 is 0 Å². The van der Waals surface area contributed by atoms with Crippen LogP contribution in [0.15, 0.2) is 12.2 Å². The first-order valence-corrected chi connectivity index (χ1v) is 4.69. The normalized spacial score (nSPS) is 68.4. The molecule has 0 bridgehead atoms. The van der Waals surface area contributed by atoms with Gasteiger partial charge < -0.3 is 4.74 Å². The van der Waals surface area contributed by atoms with Crippen molar-refractivity contribution in [1.82, 2.24) is 0 Å². The summed E-state index contributed by atoms with van der Waals surface area (Å²) in [6, 6.07) is 0. The Hall–Kier alpha value is -0.300. The van der Waals surface area contributed by atoms with Crippen molar-refractivity contribution in [3.63, 3.8) is 0 Å². The van der Waals surface area contributed by atoms with Crippen molar-refractivity contribution in [2.45, 2.75) is 6.42 Å². The van der Waals surface area contributed by atoms with Crippen LogP contribution in [-0.4, -0.2) is 13.2 Å². The van der Waals surface area contributed by atoms with Gasteiger partial charge in [0.25, 0.3) is 0 Å². The second-order valence-corrected chi connectivity index (χ2v) is 4.66. The summed E-state index contributed by atoms with van der Waals surface area (Å²) in [6.07, 6.45) is 6.35. The maximum absolute atomic E-state index is 5.57. The molecule has 11 heavy (non-hydrogen) atoms. The fourth-order valence-electron chi connectivity index (χ4n) is 4.10. The molecule has 1 aliphatic heterocycles. The quantitative estimate of drug-likeness (QED) is 0.472. The van der Waals surface area contributed by atoms with Crippen molar-refractivity contribution in [3.8, 4) is 0 Å². The van der Waals surface area contributed by atoms with Crippen LogP contribution in [0.25, 0.3) is 0 Å². The molecule has 1 heterocycles. The third-order valence-electron chi connectivity index (χ3n) is 4.53. The van der Waals surface area contributed by atoms with Crippen molar-refractivity contribution in [3.05, 3.63) is 12.2 Å². The molecule has 4 aliphatic rings. The molecule has 3 aliphatic carbocycles. The number of hydrogen-bond donors (Lipinski definition) is 0. The Morgan fingerprint density at radius 2 is 2.36 bits per heavy atom. The number of hydrogen-bond acceptors (Lipinski definition) is 1. The lowest BCUT2D eigenvalue weighted by Crippen LogP contribution is -2.11. The highest BCUT2D eigenvalue weighted by atomic mass is 16.5. The second-order valence-electron chi connectivity index (χ2n) is 4.66. The molecular weight excluding hydrogens is 136 g/mol. The monoisotopic (exact) mass is 148 g/mol. The van der Waals surface area contributed by atoms with E-state index in [-0.39, 0.29) is 0 Å². The van der Waals surface area contributed by atoms with Crippen molar-refractivity contribution < 1.29 is 4.74 Å². The van der Waals surface area contributed by atoms with Crippen LogP contribution in [0.3, 0.4) is 0 Å². The SMILES string of the molecule is C1=CC2C3C1CC1COCC123. The first kappa shape index (κ1) is 5.36. The Bertz CT molecular complexity index is 254. The van der Waals surface area contributed by atoms with Gasteiger partial charge in [-0.3, -0.25) is 0 Å². The largest absolute Gasteiger partial charge is 0.381 e. The molecule has 4 rings (SSSR count). The Kier molecular flexibility index (Phi) is 0.637. The molecule has 0 aromatic heterocycles. The van der Waals surface area contributed by atoms with E-state index >= 15 is 0 Å². The minimum absolute atomic E-state index is 0.680. The van der Waals surface area contributed by atoms with E-state index in [1.165, 1.54) is 6.42 Å². The van der Waals surface area contributed by atoms with Crippen LogP contribution in [0.1, 0.15) is 6.42 Å². The Labute approximate surface area is 66.4 Å². The van der Waals surface area contributed by atoms with Crippen LogP contribution in [0, 0.1) is 29.1 Å². The average molecular weight is 148 g/mol. The Morgan fingerprint density at radius 1 is 1.36 bits per heavy atom. The first-order valence-electron chi connectivity index (χ1n) is 4.69. The lowest BCUT2D eigenvalue weighted by Gasteiger charge is -2.10. The molecule has 3 fully saturated rings. The Balaban J connectivity index is 1.90. The lowest BCUT2D eigenvalue weighted by atomic mass is 9.91. The van der Waals surface area contributed by atoms with Gasteiger partial charge in [0.05, 0.1) is 13.2 Å². The third kappa shape index (κ3) is 0.365. The van der Waals surface area contributed by atoms with Gasteiger partial charge in [-0.2, -0.15) is 0 Å². The topological polar surface area (TPSA) is 9.23 Å². The maximum atomic E-state index is 5.57. The molecule has 58 valence electrons. The first-order chi connectivity index (χ1) is 5.43. The lowest BCUT2D eigenvalue weighted by molar-refractivity contribution is 0.167. The van der Waals surface area contributed by atoms with Crippen LogP contribution >= 0.6 is 0 Å². The van der Waals surface area contributed by atoms with Gasteiger partial charge in [-0.1, -0.05) is 12.2 Å². The molecule has 0 aromatic carbocycles. The minimum atomic E-state index is 0.680. The van der Waals surface area contributed by atoms with Crippen molar-refractivity contribution in [2.24, 2.45) is 29.1 Å². The molecule has 1 spiro atoms. The smallest absolute Gasteiger partial charge is 0.0534 e. The highest BCUT2D eigenvalue weighted by Gasteiger charge is 2.76. The van der Waals surface area contributed by atoms with Crippen LogP contribution < -0.4 is 0 Å². The Morgan fingerprint density at radius 3 is 3.27 bits per heavy atom. The van der Waals surface area contributed by atoms with Gasteiger partial charge in [0.15, 0.2) is 0 Å². The van der Waals surface area contributed by atoms with Gasteiger partial charge in [-0.15, -0.1) is 0 Å². The fourth-order valence-corrected chi connectivity index (χ4v) is 4.10. The summed E-state index contributed by atoms with van der Waals surface area (Å²) >= 11 is 0. The molecule has 0 aromatic rings. The molecule has 1 heteroatoms. The number of ether oxygens (including phenoxy) is 1. The van der Waals surface area contributed by atoms with Crippen molar-refractivity contribution in [1.29, 1.82) is 0 Å². The summed E-state index contributed by atoms with van der Waals surface area (Å²) in [5.74, 6) is 3.84. The standard InChI is InChI=1S/C10H12O/c1-2-8-9-6(1)3-7-4-11-5-10(7,8)9/h1-2,6-9H,3-5H2. The molecule has 5 unspecified atom stereocenters. The van der Waals surface area contributed by atoms with E-state index in [2.05, 4.69) is 12.2 Å². The predicted molar refractivity (Wildman–Crippen MR) is 41.0 cm³/mol. The maximum Gasteiger partial charge on any atom is 0.0534 e. The van der Waals surface area contributed by atoms with E-state index in [1.807, 2.05) is 0 Å². The van der Waals surface area contributed by atoms with Gasteiger partial charge in [0, 0.05) is 5.41 Å². The molecule has 5 atom stereocenters. The van der Waals surface area contributed by atoms with Gasteiger partial charge in [-0.05, 0) is 30.1 Å². The minimum Gasteiger partial charge on any atom is -0.381 e. The van der Waals surface area contributed by atoms with E-state index < -0.39 is 0 Å². The molecule has 0 amide bonds. The molecule has 0 radical (unpaired) electrons. The van der Waals surface area contributed by atoms with E-state index in [0.717, 1.165) is 36.9 Å². The highest BCUT2D eigenvalue weighted by Crippen LogP contribution is 2.78. The molecule has 1 nitrogen and oxygen atoms in total. The molecular formula is C10H12O. The number of rotatable bonds is 0. The van der Waals surface area contributed by atoms with E-state index in [1.54, 1.807) is 0 Å². The van der Waals surface area contributed by atoms with E-state index in [9.17, 15) is 0 Å². The second kappa shape index (κ2) is 1.31. The number of allylic oxidation sites excluding steroid dienone is 2. The van der Waals surface area contributed by atoms with Gasteiger partial charge in [-0.25, -0.2) is 0 Å². The van der Waals surface area contributed by atoms with Crippen LogP contribution in [-0.2, 0) is 4.74 Å². The van der Waals surface area contributed by atoms with Crippen molar-refractivity contribution in [2.75, 3.05) is 13.2 Å².